The third-order valence-electron chi connectivity index (χ3n) is 3.65. The number of hydrogen-bond donors (Lipinski definition) is 1. The Morgan fingerprint density at radius 2 is 1.83 bits per heavy atom. The first-order valence-electron chi connectivity index (χ1n) is 7.19. The average Bonchev–Trinajstić information content (AvgIpc) is 2.92. The molecule has 0 atom stereocenters. The minimum Gasteiger partial charge on any atom is -0.338 e. The third-order valence-corrected chi connectivity index (χ3v) is 4.34. The van der Waals surface area contributed by atoms with Crippen LogP contribution in [0.15, 0.2) is 59.2 Å². The molecule has 23 heavy (non-hydrogen) atoms. The summed E-state index contributed by atoms with van der Waals surface area (Å²) >= 11 is 3.51. The van der Waals surface area contributed by atoms with E-state index in [1.807, 2.05) is 35.0 Å². The number of halogens is 1. The molecule has 0 spiro atoms. The molecular weight excluding hydrogens is 356 g/mol. The van der Waals surface area contributed by atoms with Gasteiger partial charge in [-0.05, 0) is 49.4 Å². The lowest BCUT2D eigenvalue weighted by Gasteiger charge is -2.08. The van der Waals surface area contributed by atoms with Crippen LogP contribution in [-0.4, -0.2) is 16.3 Å². The zero-order valence-corrected chi connectivity index (χ0v) is 14.1. The summed E-state index contributed by atoms with van der Waals surface area (Å²) < 4.78 is 2.91. The van der Waals surface area contributed by atoms with Gasteiger partial charge in [-0.1, -0.05) is 22.0 Å². The number of carbonyl (C=O) groups is 2. The highest BCUT2D eigenvalue weighted by Gasteiger charge is 2.08. The quantitative estimate of drug-likeness (QED) is 0.698. The second-order valence-corrected chi connectivity index (χ2v) is 6.15. The molecule has 1 amide bonds. The smallest absolute Gasteiger partial charge is 0.244 e. The third kappa shape index (κ3) is 3.35. The van der Waals surface area contributed by atoms with Crippen LogP contribution in [0.2, 0.25) is 0 Å². The molecule has 1 aromatic heterocycles. The monoisotopic (exact) mass is 370 g/mol. The summed E-state index contributed by atoms with van der Waals surface area (Å²) in [6.07, 6.45) is 1.90. The maximum Gasteiger partial charge on any atom is 0.244 e. The van der Waals surface area contributed by atoms with Gasteiger partial charge < -0.3 is 9.88 Å². The fourth-order valence-electron chi connectivity index (χ4n) is 2.47. The number of carbonyl (C=O) groups excluding carboxylic acids is 2. The number of rotatable bonds is 4. The van der Waals surface area contributed by atoms with Crippen molar-refractivity contribution in [2.75, 3.05) is 5.32 Å². The van der Waals surface area contributed by atoms with Crippen molar-refractivity contribution >= 4 is 44.2 Å². The van der Waals surface area contributed by atoms with Crippen LogP contribution in [0.4, 0.5) is 5.69 Å². The van der Waals surface area contributed by atoms with Gasteiger partial charge in [-0.3, -0.25) is 9.59 Å². The lowest BCUT2D eigenvalue weighted by molar-refractivity contribution is -0.116. The normalized spacial score (nSPS) is 10.7. The Hall–Kier alpha value is -2.40. The second kappa shape index (κ2) is 6.38. The zero-order chi connectivity index (χ0) is 16.4. The van der Waals surface area contributed by atoms with Crippen molar-refractivity contribution in [2.45, 2.75) is 13.5 Å². The van der Waals surface area contributed by atoms with E-state index >= 15 is 0 Å². The number of fused-ring (bicyclic) bond motifs is 1. The number of Topliss-reactive ketones (excluding diaryl/α,β-unsaturated/α-hetero) is 1. The van der Waals surface area contributed by atoms with Crippen LogP contribution >= 0.6 is 15.9 Å². The summed E-state index contributed by atoms with van der Waals surface area (Å²) in [5.74, 6) is -0.106. The molecule has 3 rings (SSSR count). The molecule has 4 nitrogen and oxygen atoms in total. The van der Waals surface area contributed by atoms with Gasteiger partial charge in [0, 0.05) is 32.8 Å². The van der Waals surface area contributed by atoms with Crippen LogP contribution in [-0.2, 0) is 11.3 Å². The average molecular weight is 371 g/mol. The van der Waals surface area contributed by atoms with Gasteiger partial charge in [0.25, 0.3) is 0 Å². The molecular formula is C18H15BrN2O2. The number of ketones is 1. The molecule has 116 valence electrons. The van der Waals surface area contributed by atoms with Crippen molar-refractivity contribution in [3.63, 3.8) is 0 Å². The van der Waals surface area contributed by atoms with Gasteiger partial charge in [0.05, 0.1) is 0 Å². The van der Waals surface area contributed by atoms with Crippen molar-refractivity contribution < 1.29 is 9.59 Å². The Morgan fingerprint density at radius 3 is 2.52 bits per heavy atom. The van der Waals surface area contributed by atoms with Gasteiger partial charge in [0.15, 0.2) is 5.78 Å². The molecule has 3 aromatic rings. The van der Waals surface area contributed by atoms with E-state index in [1.54, 1.807) is 24.3 Å². The summed E-state index contributed by atoms with van der Waals surface area (Å²) in [6, 6.07) is 14.8. The lowest BCUT2D eigenvalue weighted by atomic mass is 10.1. The molecule has 0 aliphatic rings. The Bertz CT molecular complexity index is 882. The maximum atomic E-state index is 12.2. The van der Waals surface area contributed by atoms with E-state index in [1.165, 1.54) is 6.92 Å². The van der Waals surface area contributed by atoms with E-state index in [0.29, 0.717) is 11.3 Å². The number of hydrogen-bond acceptors (Lipinski definition) is 2. The Kier molecular flexibility index (Phi) is 4.30. The molecule has 0 saturated heterocycles. The zero-order valence-electron chi connectivity index (χ0n) is 12.5. The Labute approximate surface area is 142 Å². The van der Waals surface area contributed by atoms with Crippen LogP contribution in [0, 0.1) is 0 Å². The predicted molar refractivity (Wildman–Crippen MR) is 94.7 cm³/mol. The van der Waals surface area contributed by atoms with Crippen molar-refractivity contribution in [1.29, 1.82) is 0 Å². The van der Waals surface area contributed by atoms with Gasteiger partial charge in [-0.15, -0.1) is 0 Å². The predicted octanol–water partition coefficient (Wildman–Crippen LogP) is 4.25. The first-order valence-corrected chi connectivity index (χ1v) is 7.98. The van der Waals surface area contributed by atoms with Crippen LogP contribution < -0.4 is 5.32 Å². The van der Waals surface area contributed by atoms with Gasteiger partial charge in [0.1, 0.15) is 6.54 Å². The van der Waals surface area contributed by atoms with Gasteiger partial charge >= 0.3 is 0 Å². The molecule has 1 heterocycles. The molecule has 0 aliphatic carbocycles. The molecule has 0 bridgehead atoms. The van der Waals surface area contributed by atoms with Gasteiger partial charge in [0.2, 0.25) is 5.91 Å². The molecule has 5 heteroatoms. The number of anilines is 1. The molecule has 0 radical (unpaired) electrons. The number of amides is 1. The first-order chi connectivity index (χ1) is 11.0. The lowest BCUT2D eigenvalue weighted by Crippen LogP contribution is -2.18. The van der Waals surface area contributed by atoms with Crippen LogP contribution in [0.3, 0.4) is 0 Å². The maximum absolute atomic E-state index is 12.2. The molecule has 0 aliphatic heterocycles. The van der Waals surface area contributed by atoms with E-state index in [2.05, 4.69) is 21.2 Å². The van der Waals surface area contributed by atoms with Gasteiger partial charge in [-0.25, -0.2) is 0 Å². The minimum atomic E-state index is -0.113. The van der Waals surface area contributed by atoms with Crippen molar-refractivity contribution in [3.05, 3.63) is 64.8 Å². The summed E-state index contributed by atoms with van der Waals surface area (Å²) in [4.78, 5) is 23.5. The Balaban J connectivity index is 1.73. The first kappa shape index (κ1) is 15.5. The van der Waals surface area contributed by atoms with Crippen molar-refractivity contribution in [1.82, 2.24) is 4.57 Å². The SMILES string of the molecule is CC(=O)c1ccc(NC(=O)Cn2ccc3c(Br)cccc32)cc1. The number of benzene rings is 2. The molecule has 0 fully saturated rings. The van der Waals surface area contributed by atoms with E-state index in [-0.39, 0.29) is 18.2 Å². The van der Waals surface area contributed by atoms with Gasteiger partial charge in [-0.2, -0.15) is 0 Å². The molecule has 1 N–H and O–H groups in total. The number of nitrogens with one attached hydrogen (secondary N) is 1. The topological polar surface area (TPSA) is 51.1 Å². The summed E-state index contributed by atoms with van der Waals surface area (Å²) in [7, 11) is 0. The summed E-state index contributed by atoms with van der Waals surface area (Å²) in [5.41, 5.74) is 2.31. The molecule has 0 unspecified atom stereocenters. The fourth-order valence-corrected chi connectivity index (χ4v) is 2.96. The standard InChI is InChI=1S/C18H15BrN2O2/c1-12(22)13-5-7-14(8-6-13)20-18(23)11-21-10-9-15-16(19)3-2-4-17(15)21/h2-10H,11H2,1H3,(H,20,23). The highest BCUT2D eigenvalue weighted by molar-refractivity contribution is 9.10. The van der Waals surface area contributed by atoms with E-state index < -0.39 is 0 Å². The van der Waals surface area contributed by atoms with E-state index in [9.17, 15) is 9.59 Å². The van der Waals surface area contributed by atoms with E-state index in [4.69, 9.17) is 0 Å². The molecule has 2 aromatic carbocycles. The van der Waals surface area contributed by atoms with Crippen LogP contribution in [0.25, 0.3) is 10.9 Å². The fraction of sp³-hybridized carbons (Fsp3) is 0.111. The Morgan fingerprint density at radius 1 is 1.09 bits per heavy atom. The highest BCUT2D eigenvalue weighted by Crippen LogP contribution is 2.24. The van der Waals surface area contributed by atoms with Crippen molar-refractivity contribution in [3.8, 4) is 0 Å². The summed E-state index contributed by atoms with van der Waals surface area (Å²) in [5, 5.41) is 3.92. The largest absolute Gasteiger partial charge is 0.338 e. The van der Waals surface area contributed by atoms with Crippen LogP contribution in [0.5, 0.6) is 0 Å². The minimum absolute atomic E-state index is 0.00673. The number of aromatic nitrogens is 1. The van der Waals surface area contributed by atoms with E-state index in [0.717, 1.165) is 15.4 Å². The number of nitrogens with zero attached hydrogens (tertiary/aromatic N) is 1. The second-order valence-electron chi connectivity index (χ2n) is 5.30. The van der Waals surface area contributed by atoms with Crippen LogP contribution in [0.1, 0.15) is 17.3 Å². The molecule has 0 saturated carbocycles. The highest BCUT2D eigenvalue weighted by atomic mass is 79.9. The summed E-state index contributed by atoms with van der Waals surface area (Å²) in [6.45, 7) is 1.75. The van der Waals surface area contributed by atoms with Crippen molar-refractivity contribution in [2.24, 2.45) is 0 Å².